The van der Waals surface area contributed by atoms with E-state index in [1.165, 1.54) is 0 Å². The Morgan fingerprint density at radius 3 is 1.39 bits per heavy atom. The maximum absolute atomic E-state index is 11.9. The minimum atomic E-state index is -6.24. The summed E-state index contributed by atoms with van der Waals surface area (Å²) in [7, 11) is 0. The first-order valence-electron chi connectivity index (χ1n) is 3.75. The van der Waals surface area contributed by atoms with Crippen LogP contribution in [0.1, 0.15) is 0 Å². The fourth-order valence-electron chi connectivity index (χ4n) is 0.896. The zero-order valence-electron chi connectivity index (χ0n) is 7.91. The highest BCUT2D eigenvalue weighted by Crippen LogP contribution is 2.41. The van der Waals surface area contributed by atoms with Gasteiger partial charge in [0, 0.05) is 0 Å². The van der Waals surface area contributed by atoms with Crippen LogP contribution < -0.4 is 5.84 Å². The predicted molar refractivity (Wildman–Crippen MR) is 38.3 cm³/mol. The fourth-order valence-corrected chi connectivity index (χ4v) is 0.896. The first-order valence-corrected chi connectivity index (χ1v) is 3.75. The minimum absolute atomic E-state index is 1.65. The number of ketones is 1. The summed E-state index contributed by atoms with van der Waals surface area (Å²) in [6.45, 7) is 0. The third-order valence-corrected chi connectivity index (χ3v) is 1.55. The number of rotatable bonds is 2. The number of alkyl halides is 9. The molecule has 0 heterocycles. The van der Waals surface area contributed by atoms with Crippen LogP contribution in [0.3, 0.4) is 0 Å². The lowest BCUT2D eigenvalue weighted by Gasteiger charge is -2.22. The summed E-state index contributed by atoms with van der Waals surface area (Å²) in [5, 5.41) is 1.65. The summed E-state index contributed by atoms with van der Waals surface area (Å²) < 4.78 is 108. The van der Waals surface area contributed by atoms with Crippen LogP contribution in [0.15, 0.2) is 5.10 Å². The van der Waals surface area contributed by atoms with Crippen LogP contribution in [0, 0.1) is 5.92 Å². The largest absolute Gasteiger partial charge is 0.438 e. The average molecular weight is 290 g/mol. The van der Waals surface area contributed by atoms with Crippen molar-refractivity contribution in [2.24, 2.45) is 16.9 Å². The number of carbonyl (C=O) groups is 1. The first kappa shape index (κ1) is 16.5. The van der Waals surface area contributed by atoms with Gasteiger partial charge >= 0.3 is 18.5 Å². The van der Waals surface area contributed by atoms with Crippen LogP contribution in [0.2, 0.25) is 0 Å². The van der Waals surface area contributed by atoms with E-state index in [1.54, 1.807) is 5.10 Å². The molecule has 0 aromatic rings. The molecule has 0 atom stereocenters. The highest BCUT2D eigenvalue weighted by molar-refractivity contribution is 6.42. The highest BCUT2D eigenvalue weighted by atomic mass is 19.4. The Balaban J connectivity index is 5.64. The van der Waals surface area contributed by atoms with E-state index in [2.05, 4.69) is 5.84 Å². The van der Waals surface area contributed by atoms with Gasteiger partial charge < -0.3 is 5.84 Å². The molecule has 106 valence electrons. The summed E-state index contributed by atoms with van der Waals surface area (Å²) >= 11 is 0. The second kappa shape index (κ2) is 4.65. The van der Waals surface area contributed by atoms with Crippen molar-refractivity contribution in [2.75, 3.05) is 0 Å². The molecule has 0 rings (SSSR count). The number of hydrazone groups is 1. The monoisotopic (exact) mass is 290 g/mol. The number of Topliss-reactive ketones (excluding diaryl/α,β-unsaturated/α-hetero) is 1. The van der Waals surface area contributed by atoms with E-state index < -0.39 is 35.9 Å². The smallest absolute Gasteiger partial charge is 0.323 e. The quantitative estimate of drug-likeness (QED) is 0.367. The number of carbonyl (C=O) groups excluding carboxylic acids is 1. The van der Waals surface area contributed by atoms with E-state index in [0.29, 0.717) is 0 Å². The van der Waals surface area contributed by atoms with Crippen LogP contribution in [0.5, 0.6) is 0 Å². The zero-order chi connectivity index (χ0) is 14.9. The standard InChI is InChI=1S/C6H3F9N2O/c7-4(8,9)2(5(10,11)12)1(18)3(17-16)6(13,14)15/h2H,16H2/b17-3-. The first-order chi connectivity index (χ1) is 7.73. The van der Waals surface area contributed by atoms with Gasteiger partial charge in [-0.15, -0.1) is 0 Å². The van der Waals surface area contributed by atoms with Gasteiger partial charge in [-0.3, -0.25) is 4.79 Å². The molecule has 18 heavy (non-hydrogen) atoms. The molecule has 0 radical (unpaired) electrons. The van der Waals surface area contributed by atoms with Crippen molar-refractivity contribution in [2.45, 2.75) is 18.5 Å². The van der Waals surface area contributed by atoms with Gasteiger partial charge in [0.05, 0.1) is 0 Å². The summed E-state index contributed by atoms with van der Waals surface area (Å²) in [5.41, 5.74) is -2.96. The minimum Gasteiger partial charge on any atom is -0.323 e. The maximum Gasteiger partial charge on any atom is 0.438 e. The molecule has 0 aliphatic heterocycles. The number of hydrogen-bond acceptors (Lipinski definition) is 3. The molecule has 0 bridgehead atoms. The third kappa shape index (κ3) is 3.77. The van der Waals surface area contributed by atoms with Gasteiger partial charge in [0.2, 0.25) is 17.4 Å². The van der Waals surface area contributed by atoms with Gasteiger partial charge in [-0.2, -0.15) is 44.6 Å². The molecule has 0 aromatic heterocycles. The Bertz CT molecular complexity index is 336. The summed E-state index contributed by atoms with van der Waals surface area (Å²) in [6, 6.07) is 0. The molecule has 0 amide bonds. The molecule has 0 spiro atoms. The van der Waals surface area contributed by atoms with E-state index >= 15 is 0 Å². The second-order valence-electron chi connectivity index (χ2n) is 2.86. The fraction of sp³-hybridized carbons (Fsp3) is 0.667. The molecule has 0 saturated carbocycles. The molecule has 0 fully saturated rings. The molecular weight excluding hydrogens is 287 g/mol. The van der Waals surface area contributed by atoms with Gasteiger partial charge in [-0.1, -0.05) is 0 Å². The number of hydrogen-bond donors (Lipinski definition) is 1. The Labute approximate surface area is 92.4 Å². The summed E-state index contributed by atoms with van der Waals surface area (Å²) in [4.78, 5) is 10.6. The number of nitrogens with zero attached hydrogens (tertiary/aromatic N) is 1. The van der Waals surface area contributed by atoms with Crippen molar-refractivity contribution in [1.82, 2.24) is 0 Å². The topological polar surface area (TPSA) is 55.4 Å². The van der Waals surface area contributed by atoms with Gasteiger partial charge in [-0.05, 0) is 0 Å². The summed E-state index contributed by atoms with van der Waals surface area (Å²) in [6.07, 6.45) is -18.3. The number of halogens is 9. The zero-order valence-corrected chi connectivity index (χ0v) is 7.91. The highest BCUT2D eigenvalue weighted by Gasteiger charge is 2.64. The van der Waals surface area contributed by atoms with E-state index in [0.717, 1.165) is 0 Å². The molecule has 2 N–H and O–H groups in total. The van der Waals surface area contributed by atoms with E-state index in [-0.39, 0.29) is 0 Å². The third-order valence-electron chi connectivity index (χ3n) is 1.55. The van der Waals surface area contributed by atoms with Crippen molar-refractivity contribution >= 4 is 11.5 Å². The molecule has 12 heteroatoms. The van der Waals surface area contributed by atoms with Gasteiger partial charge in [0.1, 0.15) is 0 Å². The number of nitrogens with two attached hydrogens (primary N) is 1. The van der Waals surface area contributed by atoms with Crippen molar-refractivity contribution in [3.63, 3.8) is 0 Å². The van der Waals surface area contributed by atoms with Gasteiger partial charge in [0.25, 0.3) is 0 Å². The van der Waals surface area contributed by atoms with E-state index in [4.69, 9.17) is 0 Å². The lowest BCUT2D eigenvalue weighted by molar-refractivity contribution is -0.271. The SMILES string of the molecule is N/N=C(/C(=O)C(C(F)(F)F)C(F)(F)F)C(F)(F)F. The average Bonchev–Trinajstić information content (AvgIpc) is 1.94. The van der Waals surface area contributed by atoms with E-state index in [9.17, 15) is 44.3 Å². The van der Waals surface area contributed by atoms with Gasteiger partial charge in [0.15, 0.2) is 0 Å². The Morgan fingerprint density at radius 2 is 1.22 bits per heavy atom. The van der Waals surface area contributed by atoms with Crippen LogP contribution >= 0.6 is 0 Å². The molecular formula is C6H3F9N2O. The Morgan fingerprint density at radius 1 is 0.889 bits per heavy atom. The molecule has 0 aromatic carbocycles. The predicted octanol–water partition coefficient (Wildman–Crippen LogP) is 2.17. The molecule has 0 aliphatic rings. The van der Waals surface area contributed by atoms with Crippen LogP contribution in [0.4, 0.5) is 39.5 Å². The maximum atomic E-state index is 11.9. The second-order valence-corrected chi connectivity index (χ2v) is 2.86. The lowest BCUT2D eigenvalue weighted by Crippen LogP contribution is -2.48. The van der Waals surface area contributed by atoms with Crippen LogP contribution in [0.25, 0.3) is 0 Å². The molecule has 3 nitrogen and oxygen atoms in total. The van der Waals surface area contributed by atoms with E-state index in [1.807, 2.05) is 0 Å². The van der Waals surface area contributed by atoms with Gasteiger partial charge in [-0.25, -0.2) is 0 Å². The van der Waals surface area contributed by atoms with Crippen LogP contribution in [-0.4, -0.2) is 30.0 Å². The Hall–Kier alpha value is -1.49. The van der Waals surface area contributed by atoms with Crippen LogP contribution in [-0.2, 0) is 4.79 Å². The molecule has 0 saturated heterocycles. The van der Waals surface area contributed by atoms with Crippen molar-refractivity contribution in [3.8, 4) is 0 Å². The molecule has 0 aliphatic carbocycles. The Kier molecular flexibility index (Phi) is 4.26. The molecule has 0 unspecified atom stereocenters. The van der Waals surface area contributed by atoms with Crippen molar-refractivity contribution in [3.05, 3.63) is 0 Å². The summed E-state index contributed by atoms with van der Waals surface area (Å²) in [5.74, 6) is -4.13. The van der Waals surface area contributed by atoms with Crippen molar-refractivity contribution in [1.29, 1.82) is 0 Å². The van der Waals surface area contributed by atoms with Crippen molar-refractivity contribution < 1.29 is 44.3 Å². The lowest BCUT2D eigenvalue weighted by atomic mass is 9.98. The normalized spacial score (nSPS) is 15.1.